The van der Waals surface area contributed by atoms with Crippen LogP contribution in [0.15, 0.2) is 47.4 Å². The van der Waals surface area contributed by atoms with Crippen molar-refractivity contribution in [1.29, 1.82) is 0 Å². The van der Waals surface area contributed by atoms with Gasteiger partial charge in [0.2, 0.25) is 5.91 Å². The van der Waals surface area contributed by atoms with Gasteiger partial charge in [0.1, 0.15) is 0 Å². The van der Waals surface area contributed by atoms with Crippen LogP contribution >= 0.6 is 11.6 Å². The Balaban J connectivity index is 1.53. The number of carbonyl (C=O) groups excluding carboxylic acids is 1. The number of anilines is 2. The molecule has 142 valence electrons. The van der Waals surface area contributed by atoms with E-state index in [-0.39, 0.29) is 16.7 Å². The highest BCUT2D eigenvalue weighted by Crippen LogP contribution is 2.35. The second-order valence-electron chi connectivity index (χ2n) is 7.12. The van der Waals surface area contributed by atoms with Gasteiger partial charge in [0.15, 0.2) is 0 Å². The highest BCUT2D eigenvalue weighted by atomic mass is 35.5. The van der Waals surface area contributed by atoms with Crippen LogP contribution in [0.1, 0.15) is 31.2 Å². The number of hydrogen-bond donors (Lipinski definition) is 1. The van der Waals surface area contributed by atoms with Crippen molar-refractivity contribution < 1.29 is 13.2 Å². The van der Waals surface area contributed by atoms with Gasteiger partial charge in [-0.2, -0.15) is 0 Å². The number of amides is 1. The van der Waals surface area contributed by atoms with Gasteiger partial charge in [0.25, 0.3) is 10.0 Å². The summed E-state index contributed by atoms with van der Waals surface area (Å²) in [5.74, 6) is 0.347. The first-order valence-corrected chi connectivity index (χ1v) is 11.0. The van der Waals surface area contributed by atoms with E-state index in [1.807, 2.05) is 17.0 Å². The van der Waals surface area contributed by atoms with Gasteiger partial charge in [-0.15, -0.1) is 0 Å². The molecule has 2 aromatic carbocycles. The Morgan fingerprint density at radius 1 is 1.07 bits per heavy atom. The van der Waals surface area contributed by atoms with Crippen molar-refractivity contribution in [3.63, 3.8) is 0 Å². The minimum Gasteiger partial charge on any atom is -0.312 e. The fourth-order valence-corrected chi connectivity index (χ4v) is 5.09. The summed E-state index contributed by atoms with van der Waals surface area (Å²) in [6.07, 6.45) is 4.95. The maximum Gasteiger partial charge on any atom is 0.261 e. The molecular formula is C20H21ClN2O3S. The van der Waals surface area contributed by atoms with Crippen LogP contribution in [0.2, 0.25) is 5.02 Å². The third kappa shape index (κ3) is 3.69. The predicted molar refractivity (Wildman–Crippen MR) is 107 cm³/mol. The smallest absolute Gasteiger partial charge is 0.261 e. The minimum atomic E-state index is -3.68. The van der Waals surface area contributed by atoms with Gasteiger partial charge in [-0.3, -0.25) is 9.52 Å². The summed E-state index contributed by atoms with van der Waals surface area (Å²) in [7, 11) is -3.68. The number of nitrogens with zero attached hydrogens (tertiary/aromatic N) is 1. The average Bonchev–Trinajstić information content (AvgIpc) is 3.31. The molecule has 0 atom stereocenters. The fraction of sp³-hybridized carbons (Fsp3) is 0.350. The summed E-state index contributed by atoms with van der Waals surface area (Å²) in [4.78, 5) is 14.8. The summed E-state index contributed by atoms with van der Waals surface area (Å²) < 4.78 is 27.7. The zero-order valence-corrected chi connectivity index (χ0v) is 16.4. The Labute approximate surface area is 164 Å². The number of hydrogen-bond acceptors (Lipinski definition) is 3. The lowest BCUT2D eigenvalue weighted by atomic mass is 10.1. The van der Waals surface area contributed by atoms with Gasteiger partial charge in [-0.25, -0.2) is 8.42 Å². The number of nitrogens with one attached hydrogen (secondary N) is 1. The zero-order valence-electron chi connectivity index (χ0n) is 14.8. The Morgan fingerprint density at radius 2 is 1.78 bits per heavy atom. The van der Waals surface area contributed by atoms with E-state index in [1.54, 1.807) is 18.2 Å². The molecule has 4 rings (SSSR count). The molecule has 2 aliphatic rings. The van der Waals surface area contributed by atoms with Gasteiger partial charge in [-0.05, 0) is 67.3 Å². The molecule has 0 bridgehead atoms. The minimum absolute atomic E-state index is 0.138. The number of benzene rings is 2. The highest BCUT2D eigenvalue weighted by molar-refractivity contribution is 7.92. The van der Waals surface area contributed by atoms with E-state index in [0.29, 0.717) is 17.3 Å². The van der Waals surface area contributed by atoms with E-state index in [1.165, 1.54) is 12.1 Å². The topological polar surface area (TPSA) is 66.5 Å². The molecule has 1 N–H and O–H groups in total. The van der Waals surface area contributed by atoms with Gasteiger partial charge in [-0.1, -0.05) is 24.4 Å². The number of carbonyl (C=O) groups is 1. The monoisotopic (exact) mass is 404 g/mol. The van der Waals surface area contributed by atoms with E-state index >= 15 is 0 Å². The average molecular weight is 405 g/mol. The molecule has 1 amide bonds. The fourth-order valence-electron chi connectivity index (χ4n) is 3.92. The molecule has 0 aromatic heterocycles. The molecule has 2 aromatic rings. The van der Waals surface area contributed by atoms with Crippen molar-refractivity contribution >= 4 is 38.9 Å². The van der Waals surface area contributed by atoms with E-state index in [9.17, 15) is 13.2 Å². The molecule has 5 nitrogen and oxygen atoms in total. The number of rotatable bonds is 4. The third-order valence-electron chi connectivity index (χ3n) is 5.32. The zero-order chi connectivity index (χ0) is 19.0. The van der Waals surface area contributed by atoms with Crippen molar-refractivity contribution in [2.45, 2.75) is 37.0 Å². The van der Waals surface area contributed by atoms with E-state index in [4.69, 9.17) is 11.6 Å². The molecule has 1 aliphatic heterocycles. The second-order valence-corrected chi connectivity index (χ2v) is 9.24. The Kier molecular flexibility index (Phi) is 4.86. The first-order chi connectivity index (χ1) is 12.9. The molecule has 1 aliphatic carbocycles. The van der Waals surface area contributed by atoms with E-state index in [0.717, 1.165) is 43.4 Å². The van der Waals surface area contributed by atoms with Crippen LogP contribution in [0, 0.1) is 5.92 Å². The maximum atomic E-state index is 12.7. The van der Waals surface area contributed by atoms with Crippen LogP contribution in [0.5, 0.6) is 0 Å². The first kappa shape index (κ1) is 18.3. The van der Waals surface area contributed by atoms with Crippen molar-refractivity contribution in [2.24, 2.45) is 5.92 Å². The van der Waals surface area contributed by atoms with Crippen LogP contribution in [-0.4, -0.2) is 20.9 Å². The van der Waals surface area contributed by atoms with Crippen molar-refractivity contribution in [3.8, 4) is 0 Å². The normalized spacial score (nSPS) is 17.1. The quantitative estimate of drug-likeness (QED) is 0.829. The lowest BCUT2D eigenvalue weighted by molar-refractivity contribution is -0.122. The molecule has 1 heterocycles. The highest BCUT2D eigenvalue weighted by Gasteiger charge is 2.32. The standard InChI is InChI=1S/C20H21ClN2O3S/c21-16-5-8-18(9-6-16)27(25,26)22-17-7-10-19-15(13-17)11-12-23(19)20(24)14-3-1-2-4-14/h5-10,13-14,22H,1-4,11-12H2. The summed E-state index contributed by atoms with van der Waals surface area (Å²) in [6.45, 7) is 0.665. The summed E-state index contributed by atoms with van der Waals surface area (Å²) in [5.41, 5.74) is 2.40. The molecule has 0 unspecified atom stereocenters. The maximum absolute atomic E-state index is 12.7. The predicted octanol–water partition coefficient (Wildman–Crippen LogP) is 4.22. The van der Waals surface area contributed by atoms with Crippen LogP contribution in [0.4, 0.5) is 11.4 Å². The van der Waals surface area contributed by atoms with E-state index < -0.39 is 10.0 Å². The van der Waals surface area contributed by atoms with Gasteiger partial charge >= 0.3 is 0 Å². The SMILES string of the molecule is O=C(C1CCCC1)N1CCc2cc(NS(=O)(=O)c3ccc(Cl)cc3)ccc21. The Morgan fingerprint density at radius 3 is 2.48 bits per heavy atom. The molecule has 0 saturated heterocycles. The van der Waals surface area contributed by atoms with Crippen LogP contribution in [-0.2, 0) is 21.2 Å². The summed E-state index contributed by atoms with van der Waals surface area (Å²) in [6, 6.07) is 11.4. The van der Waals surface area contributed by atoms with Gasteiger partial charge < -0.3 is 4.90 Å². The largest absolute Gasteiger partial charge is 0.312 e. The molecule has 27 heavy (non-hydrogen) atoms. The van der Waals surface area contributed by atoms with Gasteiger partial charge in [0.05, 0.1) is 4.90 Å². The number of halogens is 1. The Bertz CT molecular complexity index is 967. The van der Waals surface area contributed by atoms with Crippen molar-refractivity contribution in [2.75, 3.05) is 16.2 Å². The van der Waals surface area contributed by atoms with Crippen LogP contribution in [0.3, 0.4) is 0 Å². The van der Waals surface area contributed by atoms with Crippen molar-refractivity contribution in [3.05, 3.63) is 53.1 Å². The lowest BCUT2D eigenvalue weighted by Crippen LogP contribution is -2.33. The van der Waals surface area contributed by atoms with Crippen LogP contribution < -0.4 is 9.62 Å². The third-order valence-corrected chi connectivity index (χ3v) is 6.97. The van der Waals surface area contributed by atoms with Gasteiger partial charge in [0, 0.05) is 28.9 Å². The molecule has 0 spiro atoms. The van der Waals surface area contributed by atoms with Crippen molar-refractivity contribution in [1.82, 2.24) is 0 Å². The first-order valence-electron chi connectivity index (χ1n) is 9.17. The molecule has 1 saturated carbocycles. The second kappa shape index (κ2) is 7.17. The lowest BCUT2D eigenvalue weighted by Gasteiger charge is -2.21. The molecular weight excluding hydrogens is 384 g/mol. The molecule has 1 fully saturated rings. The van der Waals surface area contributed by atoms with E-state index in [2.05, 4.69) is 4.72 Å². The molecule has 0 radical (unpaired) electrons. The Hall–Kier alpha value is -2.05. The molecule has 7 heteroatoms. The van der Waals surface area contributed by atoms with Crippen LogP contribution in [0.25, 0.3) is 0 Å². The number of fused-ring (bicyclic) bond motifs is 1. The summed E-state index contributed by atoms with van der Waals surface area (Å²) >= 11 is 5.82. The summed E-state index contributed by atoms with van der Waals surface area (Å²) in [5, 5.41) is 0.485. The number of sulfonamides is 1.